The van der Waals surface area contributed by atoms with E-state index in [0.717, 1.165) is 25.1 Å². The van der Waals surface area contributed by atoms with Gasteiger partial charge < -0.3 is 15.5 Å². The van der Waals surface area contributed by atoms with Crippen molar-refractivity contribution in [1.82, 2.24) is 10.6 Å². The number of nitrogens with one attached hydrogen (secondary N) is 2. The average Bonchev–Trinajstić information content (AvgIpc) is 2.66. The van der Waals surface area contributed by atoms with E-state index in [4.69, 9.17) is 0 Å². The van der Waals surface area contributed by atoms with Gasteiger partial charge >= 0.3 is 11.8 Å². The van der Waals surface area contributed by atoms with Crippen LogP contribution in [0.3, 0.4) is 0 Å². The summed E-state index contributed by atoms with van der Waals surface area (Å²) < 4.78 is 0. The smallest absolute Gasteiger partial charge is 0.309 e. The molecule has 1 aliphatic heterocycles. The first-order valence-corrected chi connectivity index (χ1v) is 9.83. The van der Waals surface area contributed by atoms with Crippen LogP contribution in [-0.2, 0) is 29.0 Å². The third-order valence-electron chi connectivity index (χ3n) is 4.83. The molecule has 1 heterocycles. The molecule has 0 fully saturated rings. The van der Waals surface area contributed by atoms with Crippen LogP contribution in [0.2, 0.25) is 0 Å². The molecule has 2 amide bonds. The predicted molar refractivity (Wildman–Crippen MR) is 112 cm³/mol. The maximum Gasteiger partial charge on any atom is 0.309 e. The normalized spacial score (nSPS) is 13.6. The van der Waals surface area contributed by atoms with E-state index in [1.807, 2.05) is 20.8 Å². The molecule has 0 saturated carbocycles. The van der Waals surface area contributed by atoms with Gasteiger partial charge in [0.05, 0.1) is 0 Å². The standard InChI is InChI=1S/C23H29N3O2/c1-23(2,3)25-22(28)21(27)24-14-12-17-8-10-20(11-9-17)26-15-13-18-6-4-5-7-19(18)16-26/h4-11H,12-16H2,1-3H3,(H,24,27)(H,25,28). The second-order valence-electron chi connectivity index (χ2n) is 8.32. The predicted octanol–water partition coefficient (Wildman–Crippen LogP) is 2.82. The number of rotatable bonds is 4. The number of anilines is 1. The van der Waals surface area contributed by atoms with Gasteiger partial charge in [-0.05, 0) is 62.4 Å². The van der Waals surface area contributed by atoms with Crippen LogP contribution in [0.4, 0.5) is 5.69 Å². The zero-order valence-electron chi connectivity index (χ0n) is 16.9. The Hall–Kier alpha value is -2.82. The Labute approximate surface area is 167 Å². The van der Waals surface area contributed by atoms with Crippen LogP contribution in [0.1, 0.15) is 37.5 Å². The number of amides is 2. The van der Waals surface area contributed by atoms with Gasteiger partial charge in [0, 0.05) is 30.9 Å². The van der Waals surface area contributed by atoms with Crippen LogP contribution in [-0.4, -0.2) is 30.4 Å². The highest BCUT2D eigenvalue weighted by Crippen LogP contribution is 2.24. The van der Waals surface area contributed by atoms with E-state index in [0.29, 0.717) is 13.0 Å². The molecule has 2 aromatic rings. The molecule has 3 rings (SSSR count). The molecule has 1 aliphatic rings. The van der Waals surface area contributed by atoms with Crippen LogP contribution < -0.4 is 15.5 Å². The molecule has 5 heteroatoms. The van der Waals surface area contributed by atoms with E-state index < -0.39 is 17.4 Å². The molecule has 0 unspecified atom stereocenters. The number of hydrogen-bond donors (Lipinski definition) is 2. The van der Waals surface area contributed by atoms with Crippen LogP contribution in [0.5, 0.6) is 0 Å². The highest BCUT2D eigenvalue weighted by molar-refractivity contribution is 6.35. The zero-order chi connectivity index (χ0) is 20.1. The summed E-state index contributed by atoms with van der Waals surface area (Å²) in [6.45, 7) is 7.94. The Morgan fingerprint density at radius 2 is 1.64 bits per heavy atom. The van der Waals surface area contributed by atoms with Crippen molar-refractivity contribution in [2.75, 3.05) is 18.0 Å². The molecule has 2 aromatic carbocycles. The first-order chi connectivity index (χ1) is 13.3. The van der Waals surface area contributed by atoms with Crippen molar-refractivity contribution < 1.29 is 9.59 Å². The Balaban J connectivity index is 1.49. The Morgan fingerprint density at radius 1 is 0.964 bits per heavy atom. The third kappa shape index (κ3) is 5.35. The quantitative estimate of drug-likeness (QED) is 0.803. The molecule has 5 nitrogen and oxygen atoms in total. The summed E-state index contributed by atoms with van der Waals surface area (Å²) in [5, 5.41) is 5.34. The van der Waals surface area contributed by atoms with Gasteiger partial charge in [0.1, 0.15) is 0 Å². The van der Waals surface area contributed by atoms with Crippen LogP contribution >= 0.6 is 0 Å². The number of hydrogen-bond acceptors (Lipinski definition) is 3. The monoisotopic (exact) mass is 379 g/mol. The van der Waals surface area contributed by atoms with E-state index in [9.17, 15) is 9.59 Å². The van der Waals surface area contributed by atoms with Crippen LogP contribution in [0.25, 0.3) is 0 Å². The molecule has 0 aliphatic carbocycles. The molecule has 28 heavy (non-hydrogen) atoms. The molecule has 2 N–H and O–H groups in total. The van der Waals surface area contributed by atoms with Gasteiger partial charge in [-0.3, -0.25) is 9.59 Å². The van der Waals surface area contributed by atoms with E-state index in [2.05, 4.69) is 64.1 Å². The fraction of sp³-hybridized carbons (Fsp3) is 0.391. The van der Waals surface area contributed by atoms with E-state index in [-0.39, 0.29) is 0 Å². The molecule has 0 atom stereocenters. The summed E-state index contributed by atoms with van der Waals surface area (Å²) in [4.78, 5) is 26.0. The van der Waals surface area contributed by atoms with Gasteiger partial charge in [-0.2, -0.15) is 0 Å². The van der Waals surface area contributed by atoms with E-state index >= 15 is 0 Å². The summed E-state index contributed by atoms with van der Waals surface area (Å²) in [5.41, 5.74) is 4.78. The first kappa shape index (κ1) is 19.9. The van der Waals surface area contributed by atoms with Crippen molar-refractivity contribution in [3.63, 3.8) is 0 Å². The van der Waals surface area contributed by atoms with Gasteiger partial charge in [0.15, 0.2) is 0 Å². The number of benzene rings is 2. The molecule has 0 bridgehead atoms. The topological polar surface area (TPSA) is 61.4 Å². The lowest BCUT2D eigenvalue weighted by Gasteiger charge is -2.30. The summed E-state index contributed by atoms with van der Waals surface area (Å²) in [6.07, 6.45) is 1.76. The fourth-order valence-corrected chi connectivity index (χ4v) is 3.39. The highest BCUT2D eigenvalue weighted by Gasteiger charge is 2.19. The number of nitrogens with zero attached hydrogens (tertiary/aromatic N) is 1. The maximum absolute atomic E-state index is 11.8. The highest BCUT2D eigenvalue weighted by atomic mass is 16.2. The second kappa shape index (κ2) is 8.46. The van der Waals surface area contributed by atoms with Crippen molar-refractivity contribution in [3.05, 3.63) is 65.2 Å². The summed E-state index contributed by atoms with van der Waals surface area (Å²) in [7, 11) is 0. The largest absolute Gasteiger partial charge is 0.367 e. The maximum atomic E-state index is 11.8. The summed E-state index contributed by atoms with van der Waals surface area (Å²) in [5.74, 6) is -1.17. The SMILES string of the molecule is CC(C)(C)NC(=O)C(=O)NCCc1ccc(N2CCc3ccccc3C2)cc1. The Kier molecular flexibility index (Phi) is 6.02. The first-order valence-electron chi connectivity index (χ1n) is 9.83. The van der Waals surface area contributed by atoms with Crippen molar-refractivity contribution in [2.45, 2.75) is 45.7 Å². The lowest BCUT2D eigenvalue weighted by atomic mass is 9.99. The van der Waals surface area contributed by atoms with Crippen molar-refractivity contribution in [3.8, 4) is 0 Å². The molecule has 0 saturated heterocycles. The minimum Gasteiger partial charge on any atom is -0.367 e. The number of carbonyl (C=O) groups excluding carboxylic acids is 2. The van der Waals surface area contributed by atoms with Crippen molar-refractivity contribution >= 4 is 17.5 Å². The van der Waals surface area contributed by atoms with Gasteiger partial charge in [-0.1, -0.05) is 36.4 Å². The minimum absolute atomic E-state index is 0.417. The summed E-state index contributed by atoms with van der Waals surface area (Å²) >= 11 is 0. The number of fused-ring (bicyclic) bond motifs is 1. The van der Waals surface area contributed by atoms with Crippen LogP contribution in [0.15, 0.2) is 48.5 Å². The van der Waals surface area contributed by atoms with Gasteiger partial charge in [-0.15, -0.1) is 0 Å². The zero-order valence-corrected chi connectivity index (χ0v) is 16.9. The van der Waals surface area contributed by atoms with E-state index in [1.165, 1.54) is 16.8 Å². The minimum atomic E-state index is -0.590. The summed E-state index contributed by atoms with van der Waals surface area (Å²) in [6, 6.07) is 17.1. The second-order valence-corrected chi connectivity index (χ2v) is 8.32. The van der Waals surface area contributed by atoms with Gasteiger partial charge in [0.25, 0.3) is 0 Å². The van der Waals surface area contributed by atoms with Gasteiger partial charge in [0.2, 0.25) is 0 Å². The lowest BCUT2D eigenvalue weighted by molar-refractivity contribution is -0.140. The molecule has 148 valence electrons. The Morgan fingerprint density at radius 3 is 2.32 bits per heavy atom. The average molecular weight is 380 g/mol. The lowest BCUT2D eigenvalue weighted by Crippen LogP contribution is -2.48. The number of carbonyl (C=O) groups is 2. The van der Waals surface area contributed by atoms with E-state index in [1.54, 1.807) is 0 Å². The molecular formula is C23H29N3O2. The van der Waals surface area contributed by atoms with Crippen LogP contribution in [0, 0.1) is 0 Å². The van der Waals surface area contributed by atoms with Crippen molar-refractivity contribution in [1.29, 1.82) is 0 Å². The van der Waals surface area contributed by atoms with Gasteiger partial charge in [-0.25, -0.2) is 0 Å². The molecule has 0 radical (unpaired) electrons. The van der Waals surface area contributed by atoms with Crippen molar-refractivity contribution in [2.24, 2.45) is 0 Å². The fourth-order valence-electron chi connectivity index (χ4n) is 3.39. The molecule has 0 aromatic heterocycles. The Bertz CT molecular complexity index is 838. The molecular weight excluding hydrogens is 350 g/mol. The molecule has 0 spiro atoms. The third-order valence-corrected chi connectivity index (χ3v) is 4.83.